The van der Waals surface area contributed by atoms with Gasteiger partial charge >= 0.3 is 0 Å². The smallest absolute Gasteiger partial charge is 0.240 e. The molecule has 6 rings (SSSR count). The first-order valence-corrected chi connectivity index (χ1v) is 15.2. The average Bonchev–Trinajstić information content (AvgIpc) is 3.57. The maximum absolute atomic E-state index is 14.0. The zero-order valence-corrected chi connectivity index (χ0v) is 24.2. The first-order valence-electron chi connectivity index (χ1n) is 13.3. The van der Waals surface area contributed by atoms with Crippen molar-refractivity contribution in [1.29, 1.82) is 0 Å². The van der Waals surface area contributed by atoms with Crippen molar-refractivity contribution in [3.05, 3.63) is 124 Å². The molecule has 0 spiro atoms. The minimum absolute atomic E-state index is 0.152. The lowest BCUT2D eigenvalue weighted by molar-refractivity contribution is -0.123. The van der Waals surface area contributed by atoms with Crippen LogP contribution in [0.5, 0.6) is 0 Å². The molecule has 5 aromatic rings. The molecule has 3 aromatic carbocycles. The highest BCUT2D eigenvalue weighted by atomic mass is 32.2. The zero-order chi connectivity index (χ0) is 29.2. The number of carbonyl (C=O) groups excluding carboxylic acids is 2. The Kier molecular flexibility index (Phi) is 7.90. The highest BCUT2D eigenvalue weighted by Crippen LogP contribution is 2.50. The molecule has 0 saturated carbocycles. The molecule has 0 bridgehead atoms. The van der Waals surface area contributed by atoms with Gasteiger partial charge in [-0.25, -0.2) is 13.5 Å². The third kappa shape index (κ3) is 5.60. The fourth-order valence-corrected chi connectivity index (χ4v) is 7.42. The maximum atomic E-state index is 14.0. The predicted molar refractivity (Wildman–Crippen MR) is 163 cm³/mol. The molecule has 0 radical (unpaired) electrons. The lowest BCUT2D eigenvalue weighted by Crippen LogP contribution is -2.42. The number of aryl methyl sites for hydroxylation is 1. The number of anilines is 1. The highest BCUT2D eigenvalue weighted by Gasteiger charge is 2.38. The summed E-state index contributed by atoms with van der Waals surface area (Å²) in [6, 6.07) is 23.6. The molecule has 1 unspecified atom stereocenters. The summed E-state index contributed by atoms with van der Waals surface area (Å²) in [5.41, 5.74) is 4.77. The van der Waals surface area contributed by atoms with Crippen molar-refractivity contribution < 1.29 is 18.4 Å². The quantitative estimate of drug-likeness (QED) is 0.227. The summed E-state index contributed by atoms with van der Waals surface area (Å²) < 4.78 is 28.9. The van der Waals surface area contributed by atoms with E-state index in [9.17, 15) is 18.4 Å². The van der Waals surface area contributed by atoms with Gasteiger partial charge in [0, 0.05) is 22.5 Å². The van der Waals surface area contributed by atoms with E-state index >= 15 is 0 Å². The van der Waals surface area contributed by atoms with E-state index in [1.165, 1.54) is 40.9 Å². The first kappa shape index (κ1) is 27.9. The summed E-state index contributed by atoms with van der Waals surface area (Å²) in [6.45, 7) is 1.99. The molecule has 10 heteroatoms. The number of amides is 2. The molecule has 1 atom stereocenters. The molecule has 212 valence electrons. The van der Waals surface area contributed by atoms with E-state index in [4.69, 9.17) is 5.10 Å². The van der Waals surface area contributed by atoms with Crippen LogP contribution in [0.15, 0.2) is 90.3 Å². The summed E-state index contributed by atoms with van der Waals surface area (Å²) in [7, 11) is 0. The van der Waals surface area contributed by atoms with Crippen LogP contribution in [0.3, 0.4) is 0 Å². The van der Waals surface area contributed by atoms with Gasteiger partial charge in [0.2, 0.25) is 11.8 Å². The topological polar surface area (TPSA) is 67.2 Å². The lowest BCUT2D eigenvalue weighted by atomic mass is 10.0. The fraction of sp³-hybridized carbons (Fsp3) is 0.156. The van der Waals surface area contributed by atoms with Gasteiger partial charge in [-0.3, -0.25) is 14.5 Å². The van der Waals surface area contributed by atoms with Gasteiger partial charge < -0.3 is 5.32 Å². The molecule has 42 heavy (non-hydrogen) atoms. The zero-order valence-electron chi connectivity index (χ0n) is 22.6. The van der Waals surface area contributed by atoms with Crippen LogP contribution in [0, 0.1) is 18.6 Å². The van der Waals surface area contributed by atoms with Gasteiger partial charge in [0.05, 0.1) is 22.4 Å². The minimum atomic E-state index is -0.393. The molecular weight excluding hydrogens is 575 g/mol. The van der Waals surface area contributed by atoms with Crippen LogP contribution in [-0.2, 0) is 16.1 Å². The predicted octanol–water partition coefficient (Wildman–Crippen LogP) is 6.67. The molecule has 1 N–H and O–H groups in total. The molecule has 0 saturated heterocycles. The SMILES string of the molecule is Cc1ccsc1C1SCC(=O)N(CC(=O)NCc2ccc(F)cc2)c2c1c(-c1ccccc1)nn2-c1ccc(F)cc1. The Balaban J connectivity index is 1.49. The number of halogens is 2. The van der Waals surface area contributed by atoms with E-state index < -0.39 is 5.82 Å². The summed E-state index contributed by atoms with van der Waals surface area (Å²) in [5, 5.41) is 9.67. The Morgan fingerprint density at radius 3 is 2.33 bits per heavy atom. The van der Waals surface area contributed by atoms with Crippen LogP contribution in [0.2, 0.25) is 0 Å². The Labute approximate surface area is 250 Å². The number of aromatic nitrogens is 2. The highest BCUT2D eigenvalue weighted by molar-refractivity contribution is 8.00. The second-order valence-electron chi connectivity index (χ2n) is 9.88. The van der Waals surface area contributed by atoms with Gasteiger partial charge in [-0.1, -0.05) is 42.5 Å². The van der Waals surface area contributed by atoms with Gasteiger partial charge in [-0.05, 0) is 65.9 Å². The number of thioether (sulfide) groups is 1. The van der Waals surface area contributed by atoms with E-state index in [-0.39, 0.29) is 41.7 Å². The van der Waals surface area contributed by atoms with Crippen molar-refractivity contribution in [3.8, 4) is 16.9 Å². The second-order valence-corrected chi connectivity index (χ2v) is 11.9. The molecule has 1 aliphatic heterocycles. The van der Waals surface area contributed by atoms with Crippen LogP contribution >= 0.6 is 23.1 Å². The Morgan fingerprint density at radius 1 is 0.976 bits per heavy atom. The van der Waals surface area contributed by atoms with E-state index in [1.807, 2.05) is 42.6 Å². The van der Waals surface area contributed by atoms with Crippen molar-refractivity contribution >= 4 is 40.7 Å². The van der Waals surface area contributed by atoms with Gasteiger partial charge in [0.15, 0.2) is 0 Å². The number of thiophene rings is 1. The summed E-state index contributed by atoms with van der Waals surface area (Å²) in [5.74, 6) is -0.731. The van der Waals surface area contributed by atoms with Crippen molar-refractivity contribution in [2.24, 2.45) is 0 Å². The number of rotatable bonds is 7. The Morgan fingerprint density at radius 2 is 1.67 bits per heavy atom. The van der Waals surface area contributed by atoms with Crippen molar-refractivity contribution in [2.75, 3.05) is 17.2 Å². The number of fused-ring (bicyclic) bond motifs is 1. The normalized spacial score (nSPS) is 14.9. The second kappa shape index (κ2) is 11.9. The van der Waals surface area contributed by atoms with Crippen molar-refractivity contribution in [1.82, 2.24) is 15.1 Å². The van der Waals surface area contributed by atoms with Gasteiger partial charge in [0.25, 0.3) is 0 Å². The fourth-order valence-electron chi connectivity index (χ4n) is 4.95. The van der Waals surface area contributed by atoms with Gasteiger partial charge in [-0.15, -0.1) is 23.1 Å². The largest absolute Gasteiger partial charge is 0.350 e. The molecule has 0 fully saturated rings. The number of benzene rings is 3. The van der Waals surface area contributed by atoms with E-state index in [2.05, 4.69) is 11.4 Å². The summed E-state index contributed by atoms with van der Waals surface area (Å²) in [4.78, 5) is 29.7. The molecule has 2 aromatic heterocycles. The Bertz CT molecular complexity index is 1730. The van der Waals surface area contributed by atoms with Gasteiger partial charge in [0.1, 0.15) is 24.0 Å². The maximum Gasteiger partial charge on any atom is 0.240 e. The Hall–Kier alpha value is -4.28. The molecular formula is C32H26F2N4O2S2. The molecule has 3 heterocycles. The van der Waals surface area contributed by atoms with Crippen LogP contribution < -0.4 is 10.2 Å². The monoisotopic (exact) mass is 600 g/mol. The van der Waals surface area contributed by atoms with E-state index in [1.54, 1.807) is 40.3 Å². The van der Waals surface area contributed by atoms with E-state index in [0.717, 1.165) is 27.1 Å². The number of nitrogens with zero attached hydrogens (tertiary/aromatic N) is 3. The number of hydrogen-bond donors (Lipinski definition) is 1. The van der Waals surface area contributed by atoms with Crippen LogP contribution in [0.25, 0.3) is 16.9 Å². The summed E-state index contributed by atoms with van der Waals surface area (Å²) >= 11 is 3.13. The van der Waals surface area contributed by atoms with Gasteiger partial charge in [-0.2, -0.15) is 5.10 Å². The molecule has 2 amide bonds. The minimum Gasteiger partial charge on any atom is -0.350 e. The number of carbonyl (C=O) groups is 2. The van der Waals surface area contributed by atoms with Crippen molar-refractivity contribution in [2.45, 2.75) is 18.7 Å². The van der Waals surface area contributed by atoms with Crippen LogP contribution in [-0.4, -0.2) is 33.9 Å². The number of hydrogen-bond acceptors (Lipinski definition) is 5. The standard InChI is InChI=1S/C32H26F2N4O2S2/c1-20-15-16-41-30(20)31-28-29(22-5-3-2-4-6-22)36-38(25-13-11-24(34)12-14-25)32(28)37(27(40)19-42-31)18-26(39)35-17-21-7-9-23(33)10-8-21/h2-16,31H,17-19H2,1H3,(H,35,39). The third-order valence-corrected chi connectivity index (χ3v) is 9.50. The third-order valence-electron chi connectivity index (χ3n) is 7.05. The van der Waals surface area contributed by atoms with Crippen molar-refractivity contribution in [3.63, 3.8) is 0 Å². The lowest BCUT2D eigenvalue weighted by Gasteiger charge is -2.23. The van der Waals surface area contributed by atoms with E-state index in [0.29, 0.717) is 17.2 Å². The van der Waals surface area contributed by atoms with Crippen LogP contribution in [0.1, 0.15) is 26.8 Å². The average molecular weight is 601 g/mol. The molecule has 0 aliphatic carbocycles. The summed E-state index contributed by atoms with van der Waals surface area (Å²) in [6.07, 6.45) is 0. The molecule has 6 nitrogen and oxygen atoms in total. The molecule has 1 aliphatic rings. The number of nitrogens with one attached hydrogen (secondary N) is 1. The van der Waals surface area contributed by atoms with Crippen LogP contribution in [0.4, 0.5) is 14.6 Å². The first-order chi connectivity index (χ1) is 20.4.